The highest BCUT2D eigenvalue weighted by Gasteiger charge is 2.23. The Bertz CT molecular complexity index is 888. The molecule has 3 heterocycles. The third kappa shape index (κ3) is 3.25. The number of carbonyl (C=O) groups is 1. The van der Waals surface area contributed by atoms with Gasteiger partial charge in [0.2, 0.25) is 0 Å². The van der Waals surface area contributed by atoms with Crippen LogP contribution < -0.4 is 11.1 Å². The van der Waals surface area contributed by atoms with E-state index < -0.39 is 0 Å². The number of anilines is 1. The number of hydrogen-bond donors (Lipinski definition) is 2. The lowest BCUT2D eigenvalue weighted by Gasteiger charge is -2.15. The third-order valence-corrected chi connectivity index (χ3v) is 5.04. The van der Waals surface area contributed by atoms with Crippen molar-refractivity contribution >= 4 is 22.4 Å². The normalized spacial score (nSPS) is 16.9. The van der Waals surface area contributed by atoms with E-state index in [0.717, 1.165) is 43.0 Å². The molecule has 1 aromatic carbocycles. The van der Waals surface area contributed by atoms with Crippen molar-refractivity contribution in [3.63, 3.8) is 0 Å². The number of carbonyl (C=O) groups excluding carboxylic acids is 1. The van der Waals surface area contributed by atoms with Gasteiger partial charge in [0, 0.05) is 30.0 Å². The molecule has 0 saturated heterocycles. The molecule has 7 nitrogen and oxygen atoms in total. The molecule has 0 aliphatic carbocycles. The van der Waals surface area contributed by atoms with Gasteiger partial charge in [-0.25, -0.2) is 4.98 Å². The maximum atomic E-state index is 12.3. The molecular formula is C17H18N6OS. The molecule has 0 spiro atoms. The lowest BCUT2D eigenvalue weighted by molar-refractivity contribution is 0.0928. The van der Waals surface area contributed by atoms with Crippen molar-refractivity contribution < 1.29 is 4.79 Å². The molecule has 0 saturated carbocycles. The predicted molar refractivity (Wildman–Crippen MR) is 96.2 cm³/mol. The lowest BCUT2D eigenvalue weighted by atomic mass is 10.1. The number of aromatic nitrogens is 4. The summed E-state index contributed by atoms with van der Waals surface area (Å²) in [5.41, 5.74) is 7.04. The topological polar surface area (TPSA) is 98.7 Å². The molecule has 3 aromatic rings. The van der Waals surface area contributed by atoms with E-state index in [1.807, 2.05) is 30.3 Å². The Morgan fingerprint density at radius 2 is 2.08 bits per heavy atom. The van der Waals surface area contributed by atoms with Gasteiger partial charge in [0.05, 0.1) is 0 Å². The van der Waals surface area contributed by atoms with Gasteiger partial charge < -0.3 is 15.6 Å². The van der Waals surface area contributed by atoms with Gasteiger partial charge >= 0.3 is 0 Å². The lowest BCUT2D eigenvalue weighted by Crippen LogP contribution is -2.35. The number of nitrogen functional groups attached to an aromatic ring is 1. The van der Waals surface area contributed by atoms with E-state index in [4.69, 9.17) is 5.73 Å². The molecule has 1 amide bonds. The third-order valence-electron chi connectivity index (χ3n) is 4.37. The summed E-state index contributed by atoms with van der Waals surface area (Å²) in [6.07, 6.45) is 2.44. The highest BCUT2D eigenvalue weighted by atomic mass is 32.1. The van der Waals surface area contributed by atoms with Gasteiger partial charge in [-0.15, -0.1) is 21.5 Å². The van der Waals surface area contributed by atoms with Crippen molar-refractivity contribution in [1.82, 2.24) is 25.1 Å². The van der Waals surface area contributed by atoms with Crippen molar-refractivity contribution in [2.75, 3.05) is 5.73 Å². The number of amides is 1. The van der Waals surface area contributed by atoms with Crippen LogP contribution in [-0.4, -0.2) is 31.7 Å². The molecule has 1 atom stereocenters. The van der Waals surface area contributed by atoms with Gasteiger partial charge in [-0.2, -0.15) is 0 Å². The number of nitrogens with zero attached hydrogens (tertiary/aromatic N) is 4. The van der Waals surface area contributed by atoms with E-state index in [-0.39, 0.29) is 11.9 Å². The number of benzene rings is 1. The molecule has 128 valence electrons. The summed E-state index contributed by atoms with van der Waals surface area (Å²) in [6, 6.07) is 10.1. The van der Waals surface area contributed by atoms with E-state index in [2.05, 4.69) is 25.1 Å². The summed E-state index contributed by atoms with van der Waals surface area (Å²) in [6.45, 7) is 0.775. The van der Waals surface area contributed by atoms with E-state index in [1.165, 1.54) is 11.3 Å². The Balaban J connectivity index is 1.47. The van der Waals surface area contributed by atoms with Gasteiger partial charge in [0.1, 0.15) is 11.5 Å². The average Bonchev–Trinajstić information content (AvgIpc) is 3.19. The summed E-state index contributed by atoms with van der Waals surface area (Å²) in [4.78, 5) is 16.3. The summed E-state index contributed by atoms with van der Waals surface area (Å²) in [5, 5.41) is 13.8. The molecule has 1 aliphatic heterocycles. The first kappa shape index (κ1) is 15.8. The van der Waals surface area contributed by atoms with E-state index in [9.17, 15) is 4.79 Å². The predicted octanol–water partition coefficient (Wildman–Crippen LogP) is 2.12. The fraction of sp³-hybridized carbons (Fsp3) is 0.294. The second-order valence-electron chi connectivity index (χ2n) is 6.03. The molecule has 1 unspecified atom stereocenters. The summed E-state index contributed by atoms with van der Waals surface area (Å²) in [7, 11) is 0. The van der Waals surface area contributed by atoms with Gasteiger partial charge in [-0.3, -0.25) is 4.79 Å². The summed E-state index contributed by atoms with van der Waals surface area (Å²) < 4.78 is 2.16. The number of nitrogens with two attached hydrogens (primary N) is 1. The van der Waals surface area contributed by atoms with Crippen molar-refractivity contribution in [3.05, 3.63) is 47.2 Å². The number of thiazole rings is 1. The largest absolute Gasteiger partial charge is 0.375 e. The quantitative estimate of drug-likeness (QED) is 0.751. The minimum Gasteiger partial charge on any atom is -0.375 e. The number of fused-ring (bicyclic) bond motifs is 1. The van der Waals surface area contributed by atoms with Crippen LogP contribution in [-0.2, 0) is 13.0 Å². The Hall–Kier alpha value is -2.74. The standard InChI is InChI=1S/C17H18N6OS/c18-17-20-13(10-25-17)16(24)19-12-6-7-14-21-22-15(23(14)9-8-12)11-4-2-1-3-5-11/h1-5,10,12H,6-9H2,(H2,18,20)(H,19,24). The highest BCUT2D eigenvalue weighted by Crippen LogP contribution is 2.22. The molecular weight excluding hydrogens is 336 g/mol. The first-order valence-corrected chi connectivity index (χ1v) is 9.08. The van der Waals surface area contributed by atoms with Crippen LogP contribution in [0.2, 0.25) is 0 Å². The molecule has 2 aromatic heterocycles. The molecule has 8 heteroatoms. The van der Waals surface area contributed by atoms with Crippen molar-refractivity contribution in [2.45, 2.75) is 31.8 Å². The number of rotatable bonds is 3. The number of aryl methyl sites for hydroxylation is 1. The highest BCUT2D eigenvalue weighted by molar-refractivity contribution is 7.13. The smallest absolute Gasteiger partial charge is 0.271 e. The van der Waals surface area contributed by atoms with Crippen LogP contribution in [0.25, 0.3) is 11.4 Å². The molecule has 0 fully saturated rings. The van der Waals surface area contributed by atoms with Crippen LogP contribution in [0.3, 0.4) is 0 Å². The number of hydrogen-bond acceptors (Lipinski definition) is 6. The Kier molecular flexibility index (Phi) is 4.19. The fourth-order valence-corrected chi connectivity index (χ4v) is 3.63. The van der Waals surface area contributed by atoms with Gasteiger partial charge in [0.15, 0.2) is 11.0 Å². The van der Waals surface area contributed by atoms with Gasteiger partial charge in [-0.1, -0.05) is 30.3 Å². The number of nitrogens with one attached hydrogen (secondary N) is 1. The van der Waals surface area contributed by atoms with E-state index in [0.29, 0.717) is 10.8 Å². The minimum atomic E-state index is -0.168. The SMILES string of the molecule is Nc1nc(C(=O)NC2CCc3nnc(-c4ccccc4)n3CC2)cs1. The second kappa shape index (κ2) is 6.64. The van der Waals surface area contributed by atoms with Crippen LogP contribution in [0.5, 0.6) is 0 Å². The zero-order valence-electron chi connectivity index (χ0n) is 13.6. The van der Waals surface area contributed by atoms with Crippen LogP contribution in [0.15, 0.2) is 35.7 Å². The summed E-state index contributed by atoms with van der Waals surface area (Å²) >= 11 is 1.27. The molecule has 0 bridgehead atoms. The molecule has 25 heavy (non-hydrogen) atoms. The van der Waals surface area contributed by atoms with Crippen LogP contribution in [0.1, 0.15) is 29.2 Å². The van der Waals surface area contributed by atoms with E-state index in [1.54, 1.807) is 5.38 Å². The Morgan fingerprint density at radius 1 is 1.24 bits per heavy atom. The molecule has 4 rings (SSSR count). The maximum absolute atomic E-state index is 12.3. The zero-order chi connectivity index (χ0) is 17.2. The molecule has 1 aliphatic rings. The van der Waals surface area contributed by atoms with Crippen LogP contribution in [0.4, 0.5) is 5.13 Å². The first-order valence-electron chi connectivity index (χ1n) is 8.20. The molecule has 0 radical (unpaired) electrons. The van der Waals surface area contributed by atoms with Gasteiger partial charge in [-0.05, 0) is 12.8 Å². The van der Waals surface area contributed by atoms with E-state index >= 15 is 0 Å². The average molecular weight is 354 g/mol. The Labute approximate surface area is 148 Å². The minimum absolute atomic E-state index is 0.0840. The van der Waals surface area contributed by atoms with Crippen LogP contribution in [0, 0.1) is 0 Å². The van der Waals surface area contributed by atoms with Crippen molar-refractivity contribution in [2.24, 2.45) is 0 Å². The summed E-state index contributed by atoms with van der Waals surface area (Å²) in [5.74, 6) is 1.68. The molecule has 3 N–H and O–H groups in total. The van der Waals surface area contributed by atoms with Crippen molar-refractivity contribution in [3.8, 4) is 11.4 Å². The van der Waals surface area contributed by atoms with Gasteiger partial charge in [0.25, 0.3) is 5.91 Å². The Morgan fingerprint density at radius 3 is 2.84 bits per heavy atom. The second-order valence-corrected chi connectivity index (χ2v) is 6.92. The monoisotopic (exact) mass is 354 g/mol. The first-order chi connectivity index (χ1) is 12.2. The van der Waals surface area contributed by atoms with Crippen molar-refractivity contribution in [1.29, 1.82) is 0 Å². The van der Waals surface area contributed by atoms with Crippen LogP contribution >= 0.6 is 11.3 Å². The zero-order valence-corrected chi connectivity index (χ0v) is 14.4. The maximum Gasteiger partial charge on any atom is 0.271 e. The fourth-order valence-electron chi connectivity index (χ4n) is 3.08.